The number of nitrogens with zero attached hydrogens (tertiary/aromatic N) is 1. The highest BCUT2D eigenvalue weighted by atomic mass is 16.5. The molecule has 1 saturated heterocycles. The van der Waals surface area contributed by atoms with Crippen molar-refractivity contribution in [2.75, 3.05) is 34.4 Å². The molecule has 1 unspecified atom stereocenters. The topological polar surface area (TPSA) is 94.2 Å². The second-order valence-electron chi connectivity index (χ2n) is 9.00. The van der Waals surface area contributed by atoms with E-state index in [1.807, 2.05) is 18.7 Å². The van der Waals surface area contributed by atoms with Gasteiger partial charge in [-0.3, -0.25) is 9.59 Å². The van der Waals surface area contributed by atoms with E-state index in [1.165, 1.54) is 14.2 Å². The SMILES string of the molecule is COC(=O)C1=C2C(=O)NCCN2C2=C(C(=O)CC(C)(C)C2)C1c1ccc(OC)cc1OC. The van der Waals surface area contributed by atoms with Crippen LogP contribution in [-0.2, 0) is 19.1 Å². The molecule has 32 heavy (non-hydrogen) atoms. The van der Waals surface area contributed by atoms with Gasteiger partial charge in [-0.15, -0.1) is 0 Å². The number of amides is 1. The van der Waals surface area contributed by atoms with Gasteiger partial charge in [0.1, 0.15) is 17.2 Å². The third-order valence-electron chi connectivity index (χ3n) is 6.32. The maximum atomic E-state index is 13.5. The smallest absolute Gasteiger partial charge is 0.337 e. The van der Waals surface area contributed by atoms with Gasteiger partial charge in [0.05, 0.1) is 32.8 Å². The molecule has 0 radical (unpaired) electrons. The lowest BCUT2D eigenvalue weighted by Crippen LogP contribution is -2.51. The lowest BCUT2D eigenvalue weighted by Gasteiger charge is -2.46. The zero-order valence-corrected chi connectivity index (χ0v) is 19.0. The van der Waals surface area contributed by atoms with Crippen LogP contribution in [0.5, 0.6) is 11.5 Å². The van der Waals surface area contributed by atoms with E-state index in [4.69, 9.17) is 14.2 Å². The first-order valence-corrected chi connectivity index (χ1v) is 10.6. The molecule has 0 aromatic heterocycles. The molecule has 2 aliphatic heterocycles. The summed E-state index contributed by atoms with van der Waals surface area (Å²) >= 11 is 0. The highest BCUT2D eigenvalue weighted by Gasteiger charge is 2.49. The minimum atomic E-state index is -0.781. The van der Waals surface area contributed by atoms with Gasteiger partial charge in [-0.1, -0.05) is 19.9 Å². The molecule has 170 valence electrons. The second-order valence-corrected chi connectivity index (χ2v) is 9.00. The number of methoxy groups -OCH3 is 3. The average Bonchev–Trinajstić information content (AvgIpc) is 2.77. The Morgan fingerprint density at radius 1 is 1.12 bits per heavy atom. The number of piperazine rings is 1. The van der Waals surface area contributed by atoms with Crippen LogP contribution < -0.4 is 14.8 Å². The van der Waals surface area contributed by atoms with Gasteiger partial charge in [0, 0.05) is 42.4 Å². The van der Waals surface area contributed by atoms with Crippen LogP contribution in [0.25, 0.3) is 0 Å². The fourth-order valence-corrected chi connectivity index (χ4v) is 4.98. The number of fused-ring (bicyclic) bond motifs is 2. The molecule has 8 nitrogen and oxygen atoms in total. The largest absolute Gasteiger partial charge is 0.497 e. The molecule has 3 aliphatic rings. The van der Waals surface area contributed by atoms with Gasteiger partial charge in [-0.25, -0.2) is 4.79 Å². The van der Waals surface area contributed by atoms with E-state index in [9.17, 15) is 14.4 Å². The average molecular weight is 440 g/mol. The van der Waals surface area contributed by atoms with E-state index in [-0.39, 0.29) is 28.4 Å². The van der Waals surface area contributed by atoms with Crippen molar-refractivity contribution in [1.29, 1.82) is 0 Å². The quantitative estimate of drug-likeness (QED) is 0.718. The fourth-order valence-electron chi connectivity index (χ4n) is 4.98. The Bertz CT molecular complexity index is 1070. The molecular formula is C24H28N2O6. The summed E-state index contributed by atoms with van der Waals surface area (Å²) in [7, 11) is 4.35. The fraction of sp³-hybridized carbons (Fsp3) is 0.458. The molecular weight excluding hydrogens is 412 g/mol. The predicted octanol–water partition coefficient (Wildman–Crippen LogP) is 2.30. The number of Topliss-reactive ketones (excluding diaryl/α,β-unsaturated/α-hetero) is 1. The number of esters is 1. The number of ether oxygens (including phenoxy) is 3. The van der Waals surface area contributed by atoms with E-state index in [1.54, 1.807) is 25.3 Å². The number of nitrogens with one attached hydrogen (secondary N) is 1. The van der Waals surface area contributed by atoms with Crippen LogP contribution in [0.3, 0.4) is 0 Å². The van der Waals surface area contributed by atoms with Gasteiger partial charge in [0.2, 0.25) is 0 Å². The van der Waals surface area contributed by atoms with Crippen LogP contribution in [0.4, 0.5) is 0 Å². The number of hydrogen-bond acceptors (Lipinski definition) is 7. The maximum absolute atomic E-state index is 13.5. The molecule has 1 amide bonds. The van der Waals surface area contributed by atoms with Crippen molar-refractivity contribution in [2.24, 2.45) is 5.41 Å². The lowest BCUT2D eigenvalue weighted by molar-refractivity contribution is -0.137. The number of carbonyl (C=O) groups is 3. The Labute approximate surface area is 187 Å². The van der Waals surface area contributed by atoms with Crippen molar-refractivity contribution in [3.8, 4) is 11.5 Å². The standard InChI is InChI=1S/C24H28N2O6/c1-24(2)11-15-19(16(27)12-24)18(14-7-6-13(30-3)10-17(14)31-4)20(23(29)32-5)21-22(28)25-8-9-26(15)21/h6-7,10,18H,8-9,11-12H2,1-5H3,(H,25,28). The first kappa shape index (κ1) is 21.9. The predicted molar refractivity (Wildman–Crippen MR) is 116 cm³/mol. The highest BCUT2D eigenvalue weighted by Crippen LogP contribution is 2.52. The molecule has 0 spiro atoms. The van der Waals surface area contributed by atoms with Crippen LogP contribution >= 0.6 is 0 Å². The van der Waals surface area contributed by atoms with Crippen LogP contribution in [0.2, 0.25) is 0 Å². The van der Waals surface area contributed by atoms with Crippen molar-refractivity contribution in [2.45, 2.75) is 32.6 Å². The molecule has 8 heteroatoms. The summed E-state index contributed by atoms with van der Waals surface area (Å²) in [6, 6.07) is 5.24. The summed E-state index contributed by atoms with van der Waals surface area (Å²) < 4.78 is 16.0. The van der Waals surface area contributed by atoms with Crippen molar-refractivity contribution >= 4 is 17.7 Å². The van der Waals surface area contributed by atoms with Crippen LogP contribution in [-0.4, -0.2) is 57.0 Å². The Kier molecular flexibility index (Phi) is 5.48. The monoisotopic (exact) mass is 440 g/mol. The number of carbonyl (C=O) groups excluding carboxylic acids is 3. The molecule has 0 bridgehead atoms. The van der Waals surface area contributed by atoms with Gasteiger partial charge >= 0.3 is 5.97 Å². The summed E-state index contributed by atoms with van der Waals surface area (Å²) in [5.41, 5.74) is 2.08. The lowest BCUT2D eigenvalue weighted by atomic mass is 9.67. The summed E-state index contributed by atoms with van der Waals surface area (Å²) in [5, 5.41) is 2.83. The zero-order valence-electron chi connectivity index (χ0n) is 19.0. The van der Waals surface area contributed by atoms with Gasteiger partial charge in [-0.05, 0) is 17.9 Å². The molecule has 1 atom stereocenters. The van der Waals surface area contributed by atoms with E-state index in [2.05, 4.69) is 5.32 Å². The van der Waals surface area contributed by atoms with Crippen LogP contribution in [0.1, 0.15) is 38.2 Å². The van der Waals surface area contributed by atoms with Gasteiger partial charge in [-0.2, -0.15) is 0 Å². The Morgan fingerprint density at radius 3 is 2.53 bits per heavy atom. The Morgan fingerprint density at radius 2 is 1.88 bits per heavy atom. The van der Waals surface area contributed by atoms with Crippen molar-refractivity contribution in [3.63, 3.8) is 0 Å². The normalized spacial score (nSPS) is 22.2. The van der Waals surface area contributed by atoms with E-state index in [0.717, 1.165) is 5.70 Å². The number of allylic oxidation sites excluding steroid dienone is 2. The van der Waals surface area contributed by atoms with E-state index >= 15 is 0 Å². The highest BCUT2D eigenvalue weighted by molar-refractivity contribution is 6.09. The maximum Gasteiger partial charge on any atom is 0.337 e. The number of benzene rings is 1. The molecule has 1 aromatic carbocycles. The second kappa shape index (κ2) is 8.00. The number of ketones is 1. The first-order valence-electron chi connectivity index (χ1n) is 10.6. The van der Waals surface area contributed by atoms with Crippen molar-refractivity contribution in [1.82, 2.24) is 10.2 Å². The molecule has 4 rings (SSSR count). The van der Waals surface area contributed by atoms with Crippen molar-refractivity contribution < 1.29 is 28.6 Å². The van der Waals surface area contributed by atoms with Gasteiger partial charge in [0.15, 0.2) is 5.78 Å². The van der Waals surface area contributed by atoms with Crippen molar-refractivity contribution in [3.05, 3.63) is 46.3 Å². The summed E-state index contributed by atoms with van der Waals surface area (Å²) in [4.78, 5) is 41.5. The first-order chi connectivity index (χ1) is 15.2. The number of hydrogen-bond donors (Lipinski definition) is 1. The van der Waals surface area contributed by atoms with Crippen LogP contribution in [0, 0.1) is 5.41 Å². The van der Waals surface area contributed by atoms with E-state index in [0.29, 0.717) is 48.6 Å². The molecule has 1 aromatic rings. The molecule has 1 N–H and O–H groups in total. The minimum absolute atomic E-state index is 0.0365. The number of rotatable bonds is 4. The third-order valence-corrected chi connectivity index (χ3v) is 6.32. The third kappa shape index (κ3) is 3.43. The summed E-state index contributed by atoms with van der Waals surface area (Å²) in [5.74, 6) is -0.769. The van der Waals surface area contributed by atoms with Crippen LogP contribution in [0.15, 0.2) is 40.7 Å². The van der Waals surface area contributed by atoms with E-state index < -0.39 is 11.9 Å². The Balaban J connectivity index is 2.04. The molecule has 1 fully saturated rings. The molecule has 2 heterocycles. The summed E-state index contributed by atoms with van der Waals surface area (Å²) in [6.45, 7) is 5.00. The molecule has 0 saturated carbocycles. The summed E-state index contributed by atoms with van der Waals surface area (Å²) in [6.07, 6.45) is 0.971. The van der Waals surface area contributed by atoms with Gasteiger partial charge in [0.25, 0.3) is 5.91 Å². The zero-order chi connectivity index (χ0) is 23.2. The van der Waals surface area contributed by atoms with Gasteiger partial charge < -0.3 is 24.4 Å². The molecule has 1 aliphatic carbocycles. The minimum Gasteiger partial charge on any atom is -0.497 e. The Hall–Kier alpha value is -3.29.